The molecule has 1 amide bonds. The fourth-order valence-corrected chi connectivity index (χ4v) is 4.58. The van der Waals surface area contributed by atoms with Gasteiger partial charge in [-0.25, -0.2) is 0 Å². The first-order chi connectivity index (χ1) is 20.4. The Bertz CT molecular complexity index is 1530. The molecule has 244 valence electrons. The highest BCUT2D eigenvalue weighted by atomic mass is 19.4. The molecule has 0 aliphatic heterocycles. The van der Waals surface area contributed by atoms with Crippen LogP contribution in [0.3, 0.4) is 0 Å². The van der Waals surface area contributed by atoms with Crippen molar-refractivity contribution in [3.8, 4) is 0 Å². The van der Waals surface area contributed by atoms with Crippen molar-refractivity contribution in [2.24, 2.45) is 0 Å². The number of anilines is 2. The van der Waals surface area contributed by atoms with E-state index in [0.29, 0.717) is 30.3 Å². The van der Waals surface area contributed by atoms with Crippen molar-refractivity contribution in [1.82, 2.24) is 0 Å². The van der Waals surface area contributed by atoms with E-state index in [1.807, 2.05) is 0 Å². The molecule has 3 N–H and O–H groups in total. The highest BCUT2D eigenvalue weighted by molar-refractivity contribution is 6.05. The summed E-state index contributed by atoms with van der Waals surface area (Å²) in [4.78, 5) is 24.3. The second-order valence-corrected chi connectivity index (χ2v) is 9.63. The number of hydrogen-bond acceptors (Lipinski definition) is 4. The van der Waals surface area contributed by atoms with Crippen molar-refractivity contribution in [1.29, 1.82) is 0 Å². The fraction of sp³-hybridized carbons (Fsp3) is 0.286. The van der Waals surface area contributed by atoms with Crippen molar-refractivity contribution in [2.75, 3.05) is 17.7 Å². The lowest BCUT2D eigenvalue weighted by Gasteiger charge is -2.38. The zero-order valence-corrected chi connectivity index (χ0v) is 22.7. The van der Waals surface area contributed by atoms with E-state index >= 15 is 0 Å². The number of halogens is 12. The van der Waals surface area contributed by atoms with Crippen LogP contribution >= 0.6 is 0 Å². The molecule has 0 saturated carbocycles. The third kappa shape index (κ3) is 6.04. The summed E-state index contributed by atoms with van der Waals surface area (Å²) in [7, 11) is 1.12. The number of alkyl halides is 12. The molecule has 3 aromatic rings. The van der Waals surface area contributed by atoms with E-state index in [1.165, 1.54) is 0 Å². The number of benzene rings is 3. The van der Waals surface area contributed by atoms with Gasteiger partial charge in [0, 0.05) is 35.1 Å². The quantitative estimate of drug-likeness (QED) is 0.178. The van der Waals surface area contributed by atoms with Gasteiger partial charge in [-0.1, -0.05) is 36.4 Å². The van der Waals surface area contributed by atoms with Crippen molar-refractivity contribution in [2.45, 2.75) is 42.6 Å². The number of amides is 1. The third-order valence-electron chi connectivity index (χ3n) is 6.92. The van der Waals surface area contributed by atoms with E-state index in [9.17, 15) is 67.4 Å². The normalized spacial score (nSPS) is 13.4. The second kappa shape index (κ2) is 11.6. The highest BCUT2D eigenvalue weighted by Crippen LogP contribution is 2.56. The van der Waals surface area contributed by atoms with E-state index in [0.717, 1.165) is 32.2 Å². The first kappa shape index (κ1) is 35.2. The molecule has 5 nitrogen and oxygen atoms in total. The van der Waals surface area contributed by atoms with Gasteiger partial charge < -0.3 is 15.7 Å². The van der Waals surface area contributed by atoms with Gasteiger partial charge in [-0.3, -0.25) is 9.59 Å². The summed E-state index contributed by atoms with van der Waals surface area (Å²) in [5.74, 6) is -2.18. The lowest BCUT2D eigenvalue weighted by molar-refractivity contribution is -0.376. The minimum atomic E-state index is -6.36. The van der Waals surface area contributed by atoms with Gasteiger partial charge in [-0.2, -0.15) is 52.7 Å². The summed E-state index contributed by atoms with van der Waals surface area (Å²) in [6, 6.07) is 5.59. The third-order valence-corrected chi connectivity index (χ3v) is 6.92. The van der Waals surface area contributed by atoms with Crippen LogP contribution in [0.5, 0.6) is 0 Å². The van der Waals surface area contributed by atoms with Crippen LogP contribution in [0.25, 0.3) is 0 Å². The van der Waals surface area contributed by atoms with Crippen molar-refractivity contribution in [3.05, 3.63) is 94.5 Å². The van der Waals surface area contributed by atoms with Gasteiger partial charge in [0.15, 0.2) is 5.78 Å². The van der Waals surface area contributed by atoms with E-state index < -0.39 is 75.4 Å². The average molecular weight is 660 g/mol. The first-order valence-corrected chi connectivity index (χ1v) is 12.3. The number of carbonyl (C=O) groups excluding carboxylic acids is 2. The van der Waals surface area contributed by atoms with E-state index in [2.05, 4.69) is 5.32 Å². The summed E-state index contributed by atoms with van der Waals surface area (Å²) < 4.78 is 168. The molecule has 0 aliphatic carbocycles. The van der Waals surface area contributed by atoms with Gasteiger partial charge in [0.05, 0.1) is 0 Å². The molecule has 0 saturated heterocycles. The molecule has 17 heteroatoms. The Labute approximate surface area is 245 Å². The van der Waals surface area contributed by atoms with Crippen LogP contribution in [0.15, 0.2) is 66.7 Å². The monoisotopic (exact) mass is 660 g/mol. The van der Waals surface area contributed by atoms with Crippen molar-refractivity contribution >= 4 is 23.1 Å². The molecule has 0 radical (unpaired) electrons. The van der Waals surface area contributed by atoms with E-state index in [1.54, 1.807) is 5.32 Å². The standard InChI is InChI=1S/C28H20F12N2O3/c1-14(43)15-3-7-17(8-4-15)23(25(29,30)31,26(32,33)34)18-9-5-16(6-10-18)22(44)42-21-12-11-19(41-2)13-20(21)24(45,27(35,36)37)28(38,39)40/h3-13,41,45H,1-2H3,(H,42,44). The molecule has 0 atom stereocenters. The molecule has 0 unspecified atom stereocenters. The Kier molecular flexibility index (Phi) is 9.06. The zero-order valence-electron chi connectivity index (χ0n) is 22.7. The zero-order chi connectivity index (χ0) is 34.4. The largest absolute Gasteiger partial charge is 0.430 e. The van der Waals surface area contributed by atoms with Gasteiger partial charge in [-0.15, -0.1) is 0 Å². The Hall–Kier alpha value is -4.28. The molecule has 0 fully saturated rings. The molecule has 0 spiro atoms. The number of hydrogen-bond donors (Lipinski definition) is 3. The Morgan fingerprint density at radius 2 is 1.04 bits per heavy atom. The van der Waals surface area contributed by atoms with Crippen LogP contribution in [-0.4, -0.2) is 48.5 Å². The summed E-state index contributed by atoms with van der Waals surface area (Å²) in [6.45, 7) is 1.03. The maximum Gasteiger partial charge on any atom is 0.430 e. The molecule has 3 aromatic carbocycles. The molecule has 3 rings (SSSR count). The van der Waals surface area contributed by atoms with Gasteiger partial charge in [0.25, 0.3) is 11.5 Å². The first-order valence-electron chi connectivity index (χ1n) is 12.3. The van der Waals surface area contributed by atoms with Gasteiger partial charge in [-0.05, 0) is 48.4 Å². The molecule has 0 aromatic heterocycles. The fourth-order valence-electron chi connectivity index (χ4n) is 4.58. The summed E-state index contributed by atoms with van der Waals surface area (Å²) in [5.41, 5.74) is -17.4. The number of rotatable bonds is 7. The predicted octanol–water partition coefficient (Wildman–Crippen LogP) is 7.91. The number of carbonyl (C=O) groups is 2. The topological polar surface area (TPSA) is 78.4 Å². The average Bonchev–Trinajstić information content (AvgIpc) is 2.91. The second-order valence-electron chi connectivity index (χ2n) is 9.63. The Balaban J connectivity index is 2.14. The van der Waals surface area contributed by atoms with Gasteiger partial charge in [0.1, 0.15) is 0 Å². The lowest BCUT2D eigenvalue weighted by Crippen LogP contribution is -2.54. The number of Topliss-reactive ketones (excluding diaryl/α,β-unsaturated/α-hetero) is 1. The lowest BCUT2D eigenvalue weighted by atomic mass is 9.72. The van der Waals surface area contributed by atoms with Gasteiger partial charge >= 0.3 is 24.7 Å². The summed E-state index contributed by atoms with van der Waals surface area (Å²) in [5, 5.41) is 13.9. The molecular weight excluding hydrogens is 640 g/mol. The van der Waals surface area contributed by atoms with Crippen molar-refractivity contribution in [3.63, 3.8) is 0 Å². The van der Waals surface area contributed by atoms with Crippen LogP contribution in [0, 0.1) is 0 Å². The van der Waals surface area contributed by atoms with Crippen LogP contribution in [0.4, 0.5) is 64.1 Å². The van der Waals surface area contributed by atoms with Gasteiger partial charge in [0.2, 0.25) is 5.41 Å². The number of ketones is 1. The van der Waals surface area contributed by atoms with Crippen LogP contribution < -0.4 is 10.6 Å². The van der Waals surface area contributed by atoms with Crippen LogP contribution in [-0.2, 0) is 11.0 Å². The van der Waals surface area contributed by atoms with Crippen LogP contribution in [0.1, 0.15) is 44.3 Å². The maximum atomic E-state index is 14.4. The Morgan fingerprint density at radius 3 is 1.40 bits per heavy atom. The summed E-state index contributed by atoms with van der Waals surface area (Å²) in [6.07, 6.45) is -24.8. The number of nitrogens with one attached hydrogen (secondary N) is 2. The minimum Gasteiger partial charge on any atom is -0.388 e. The summed E-state index contributed by atoms with van der Waals surface area (Å²) >= 11 is 0. The molecule has 45 heavy (non-hydrogen) atoms. The molecule has 0 aliphatic rings. The minimum absolute atomic E-state index is 0.186. The Morgan fingerprint density at radius 1 is 0.622 bits per heavy atom. The van der Waals surface area contributed by atoms with E-state index in [-0.39, 0.29) is 29.4 Å². The maximum absolute atomic E-state index is 14.4. The SMILES string of the molecule is CNc1ccc(NC(=O)c2ccc(C(c3ccc(C(C)=O)cc3)(C(F)(F)F)C(F)(F)F)cc2)c(C(O)(C(F)(F)F)C(F)(F)F)c1. The van der Waals surface area contributed by atoms with E-state index in [4.69, 9.17) is 0 Å². The highest BCUT2D eigenvalue weighted by Gasteiger charge is 2.73. The molecular formula is C28H20F12N2O3. The smallest absolute Gasteiger partial charge is 0.388 e. The predicted molar refractivity (Wildman–Crippen MR) is 136 cm³/mol. The number of aliphatic hydroxyl groups is 1. The van der Waals surface area contributed by atoms with Crippen LogP contribution in [0.2, 0.25) is 0 Å². The molecule has 0 bridgehead atoms. The van der Waals surface area contributed by atoms with Crippen molar-refractivity contribution < 1.29 is 67.4 Å². The molecule has 0 heterocycles.